The van der Waals surface area contributed by atoms with E-state index in [-0.39, 0.29) is 11.6 Å². The minimum absolute atomic E-state index is 0.141. The van der Waals surface area contributed by atoms with Crippen LogP contribution in [0.15, 0.2) is 54.6 Å². The zero-order chi connectivity index (χ0) is 18.4. The summed E-state index contributed by atoms with van der Waals surface area (Å²) in [6, 6.07) is 15.2. The first-order chi connectivity index (χ1) is 12.6. The molecule has 0 aliphatic heterocycles. The van der Waals surface area contributed by atoms with Crippen molar-refractivity contribution >= 4 is 17.9 Å². The van der Waals surface area contributed by atoms with Crippen LogP contribution in [-0.2, 0) is 9.53 Å². The molecule has 1 fully saturated rings. The molecule has 3 rings (SSSR count). The molecule has 0 saturated heterocycles. The molecule has 0 spiro atoms. The number of ether oxygens (including phenoxy) is 2. The zero-order valence-electron chi connectivity index (χ0n) is 13.9. The van der Waals surface area contributed by atoms with Crippen molar-refractivity contribution in [2.24, 2.45) is 0 Å². The van der Waals surface area contributed by atoms with E-state index in [2.05, 4.69) is 10.6 Å². The molecular weight excluding hydrogens is 336 g/mol. The maximum absolute atomic E-state index is 11.9. The van der Waals surface area contributed by atoms with E-state index in [1.54, 1.807) is 12.1 Å². The van der Waals surface area contributed by atoms with Crippen LogP contribution in [0.3, 0.4) is 0 Å². The summed E-state index contributed by atoms with van der Waals surface area (Å²) in [7, 11) is 0. The highest BCUT2D eigenvalue weighted by Gasteiger charge is 2.24. The molecule has 0 heterocycles. The second kappa shape index (κ2) is 8.15. The van der Waals surface area contributed by atoms with Gasteiger partial charge in [-0.25, -0.2) is 9.59 Å². The van der Waals surface area contributed by atoms with Crippen LogP contribution >= 0.6 is 0 Å². The molecule has 0 aromatic heterocycles. The smallest absolute Gasteiger partial charge is 0.338 e. The van der Waals surface area contributed by atoms with Crippen molar-refractivity contribution in [3.05, 3.63) is 60.2 Å². The summed E-state index contributed by atoms with van der Waals surface area (Å²) in [5, 5.41) is 4.71. The second-order valence-electron chi connectivity index (χ2n) is 5.81. The maximum atomic E-state index is 11.9. The van der Waals surface area contributed by atoms with Gasteiger partial charge < -0.3 is 14.8 Å². The summed E-state index contributed by atoms with van der Waals surface area (Å²) in [5.74, 6) is -0.0826. The number of imide groups is 1. The van der Waals surface area contributed by atoms with Crippen LogP contribution in [0, 0.1) is 0 Å². The lowest BCUT2D eigenvalue weighted by Gasteiger charge is -2.08. The minimum Gasteiger partial charge on any atom is -0.457 e. The van der Waals surface area contributed by atoms with Crippen molar-refractivity contribution in [3.63, 3.8) is 0 Å². The lowest BCUT2D eigenvalue weighted by Crippen LogP contribution is -2.42. The van der Waals surface area contributed by atoms with Crippen molar-refractivity contribution in [2.45, 2.75) is 18.9 Å². The Morgan fingerprint density at radius 3 is 2.23 bits per heavy atom. The third-order valence-electron chi connectivity index (χ3n) is 3.57. The van der Waals surface area contributed by atoms with Crippen LogP contribution in [0.5, 0.6) is 11.5 Å². The predicted octanol–water partition coefficient (Wildman–Crippen LogP) is 2.62. The van der Waals surface area contributed by atoms with E-state index < -0.39 is 24.5 Å². The molecule has 7 nitrogen and oxygen atoms in total. The lowest BCUT2D eigenvalue weighted by molar-refractivity contribution is -0.123. The molecular formula is C19H18N2O5. The number of carbonyl (C=O) groups is 3. The third-order valence-corrected chi connectivity index (χ3v) is 3.57. The molecule has 0 radical (unpaired) electrons. The Bertz CT molecular complexity index is 785. The lowest BCUT2D eigenvalue weighted by atomic mass is 10.2. The first-order valence-electron chi connectivity index (χ1n) is 8.20. The van der Waals surface area contributed by atoms with Gasteiger partial charge in [-0.1, -0.05) is 18.2 Å². The van der Waals surface area contributed by atoms with Crippen LogP contribution < -0.4 is 15.4 Å². The molecule has 7 heteroatoms. The second-order valence-corrected chi connectivity index (χ2v) is 5.81. The van der Waals surface area contributed by atoms with Crippen molar-refractivity contribution in [1.82, 2.24) is 10.6 Å². The van der Waals surface area contributed by atoms with Gasteiger partial charge in [-0.2, -0.15) is 0 Å². The monoisotopic (exact) mass is 354 g/mol. The normalized spacial score (nSPS) is 12.8. The number of hydrogen-bond acceptors (Lipinski definition) is 5. The van der Waals surface area contributed by atoms with Gasteiger partial charge in [0.1, 0.15) is 11.5 Å². The van der Waals surface area contributed by atoms with E-state index in [1.165, 1.54) is 12.1 Å². The number of para-hydroxylation sites is 1. The predicted molar refractivity (Wildman–Crippen MR) is 92.9 cm³/mol. The zero-order valence-corrected chi connectivity index (χ0v) is 13.9. The average Bonchev–Trinajstić information content (AvgIpc) is 3.45. The Balaban J connectivity index is 1.45. The largest absolute Gasteiger partial charge is 0.457 e. The number of benzene rings is 2. The van der Waals surface area contributed by atoms with Crippen molar-refractivity contribution in [1.29, 1.82) is 0 Å². The fourth-order valence-electron chi connectivity index (χ4n) is 2.11. The highest BCUT2D eigenvalue weighted by atomic mass is 16.5. The van der Waals surface area contributed by atoms with Gasteiger partial charge in [0, 0.05) is 6.04 Å². The number of urea groups is 1. The quantitative estimate of drug-likeness (QED) is 0.778. The van der Waals surface area contributed by atoms with E-state index in [0.717, 1.165) is 12.8 Å². The standard InChI is InChI=1S/C19H18N2O5/c22-17(21-19(24)20-14-8-9-14)12-25-18(23)13-6-10-16(11-7-13)26-15-4-2-1-3-5-15/h1-7,10-11,14H,8-9,12H2,(H2,20,21,22,24). The molecule has 26 heavy (non-hydrogen) atoms. The molecule has 1 aliphatic carbocycles. The van der Waals surface area contributed by atoms with Gasteiger partial charge in [-0.3, -0.25) is 10.1 Å². The molecule has 0 unspecified atom stereocenters. The fourth-order valence-corrected chi connectivity index (χ4v) is 2.11. The van der Waals surface area contributed by atoms with E-state index in [1.807, 2.05) is 30.3 Å². The van der Waals surface area contributed by atoms with E-state index in [9.17, 15) is 14.4 Å². The van der Waals surface area contributed by atoms with E-state index in [4.69, 9.17) is 9.47 Å². The van der Waals surface area contributed by atoms with Gasteiger partial charge >= 0.3 is 12.0 Å². The number of carbonyl (C=O) groups excluding carboxylic acids is 3. The SMILES string of the molecule is O=C(COC(=O)c1ccc(Oc2ccccc2)cc1)NC(=O)NC1CC1. The van der Waals surface area contributed by atoms with E-state index in [0.29, 0.717) is 11.5 Å². The Hall–Kier alpha value is -3.35. The molecule has 1 saturated carbocycles. The molecule has 0 bridgehead atoms. The summed E-state index contributed by atoms with van der Waals surface area (Å²) in [4.78, 5) is 34.9. The van der Waals surface area contributed by atoms with Gasteiger partial charge in [0.05, 0.1) is 5.56 Å². The molecule has 0 atom stereocenters. The van der Waals surface area contributed by atoms with Gasteiger partial charge in [-0.05, 0) is 49.2 Å². The van der Waals surface area contributed by atoms with Crippen LogP contribution in [0.25, 0.3) is 0 Å². The van der Waals surface area contributed by atoms with Gasteiger partial charge in [0.2, 0.25) is 0 Å². The van der Waals surface area contributed by atoms with Crippen LogP contribution in [0.4, 0.5) is 4.79 Å². The molecule has 2 N–H and O–H groups in total. The molecule has 2 aromatic rings. The van der Waals surface area contributed by atoms with Crippen LogP contribution in [0.2, 0.25) is 0 Å². The van der Waals surface area contributed by atoms with Gasteiger partial charge in [0.25, 0.3) is 5.91 Å². The van der Waals surface area contributed by atoms with Gasteiger partial charge in [0.15, 0.2) is 6.61 Å². The summed E-state index contributed by atoms with van der Waals surface area (Å²) in [6.07, 6.45) is 1.83. The molecule has 134 valence electrons. The molecule has 2 aromatic carbocycles. The Morgan fingerprint density at radius 2 is 1.58 bits per heavy atom. The number of hydrogen-bond donors (Lipinski definition) is 2. The fraction of sp³-hybridized carbons (Fsp3) is 0.211. The number of esters is 1. The first kappa shape index (κ1) is 17.5. The number of rotatable bonds is 6. The number of amides is 3. The number of nitrogens with one attached hydrogen (secondary N) is 2. The van der Waals surface area contributed by atoms with Crippen molar-refractivity contribution < 1.29 is 23.9 Å². The topological polar surface area (TPSA) is 93.7 Å². The Labute approximate surface area is 150 Å². The highest BCUT2D eigenvalue weighted by molar-refractivity contribution is 5.97. The molecule has 1 aliphatic rings. The summed E-state index contributed by atoms with van der Waals surface area (Å²) in [5.41, 5.74) is 0.278. The van der Waals surface area contributed by atoms with Crippen LogP contribution in [-0.4, -0.2) is 30.6 Å². The molecule has 3 amide bonds. The third kappa shape index (κ3) is 5.34. The van der Waals surface area contributed by atoms with E-state index >= 15 is 0 Å². The summed E-state index contributed by atoms with van der Waals surface area (Å²) < 4.78 is 10.5. The summed E-state index contributed by atoms with van der Waals surface area (Å²) >= 11 is 0. The van der Waals surface area contributed by atoms with Crippen molar-refractivity contribution in [2.75, 3.05) is 6.61 Å². The van der Waals surface area contributed by atoms with Crippen LogP contribution in [0.1, 0.15) is 23.2 Å². The Kier molecular flexibility index (Phi) is 5.48. The highest BCUT2D eigenvalue weighted by Crippen LogP contribution is 2.21. The average molecular weight is 354 g/mol. The first-order valence-corrected chi connectivity index (χ1v) is 8.20. The van der Waals surface area contributed by atoms with Crippen molar-refractivity contribution in [3.8, 4) is 11.5 Å². The minimum atomic E-state index is -0.680. The maximum Gasteiger partial charge on any atom is 0.338 e. The Morgan fingerprint density at radius 1 is 0.923 bits per heavy atom. The van der Waals surface area contributed by atoms with Gasteiger partial charge in [-0.15, -0.1) is 0 Å². The summed E-state index contributed by atoms with van der Waals surface area (Å²) in [6.45, 7) is -0.529.